The summed E-state index contributed by atoms with van der Waals surface area (Å²) in [4.78, 5) is 21.5. The van der Waals surface area contributed by atoms with Gasteiger partial charge in [0.2, 0.25) is 0 Å². The van der Waals surface area contributed by atoms with E-state index < -0.39 is 0 Å². The number of rotatable bonds is 14. The first-order valence-corrected chi connectivity index (χ1v) is 13.1. The van der Waals surface area contributed by atoms with Crippen LogP contribution < -0.4 is 10.6 Å². The number of carbonyl (C=O) groups excluding carboxylic acids is 1. The normalized spacial score (nSPS) is 10.5. The molecular weight excluding hydrogens is 454 g/mol. The summed E-state index contributed by atoms with van der Waals surface area (Å²) in [6.45, 7) is 6.55. The molecule has 0 spiro atoms. The lowest BCUT2D eigenvalue weighted by Crippen LogP contribution is -2.12. The predicted molar refractivity (Wildman–Crippen MR) is 144 cm³/mol. The van der Waals surface area contributed by atoms with Crippen LogP contribution in [0.1, 0.15) is 72.6 Å². The van der Waals surface area contributed by atoms with Crippen molar-refractivity contribution in [1.82, 2.24) is 9.97 Å². The number of unbranched alkanes of at least 4 members (excludes halogenated alkanes) is 5. The van der Waals surface area contributed by atoms with Gasteiger partial charge in [0.05, 0.1) is 11.8 Å². The number of benzene rings is 1. The standard InChI is InChI=1S/C28H33N5OS/c1-3-4-5-6-7-8-10-23-11-9-16-30-26(23)31-19-22-12-14-24(15-13-22)27(34)33-28-32-25(20-35-28)17-21(2)18-29/h9,11-16,20H,2-8,10,17,19H2,1H3,(H,30,31)(H,32,33,34). The van der Waals surface area contributed by atoms with Crippen molar-refractivity contribution >= 4 is 28.2 Å². The smallest absolute Gasteiger partial charge is 0.257 e. The predicted octanol–water partition coefficient (Wildman–Crippen LogP) is 6.93. The molecule has 1 aromatic carbocycles. The molecule has 3 aromatic rings. The summed E-state index contributed by atoms with van der Waals surface area (Å²) in [5.74, 6) is 0.719. The number of amides is 1. The SMILES string of the molecule is C=C(C#N)Cc1csc(NC(=O)c2ccc(CNc3ncccc3CCCCCCCC)cc2)n1. The Morgan fingerprint density at radius 1 is 1.11 bits per heavy atom. The van der Waals surface area contributed by atoms with Crippen LogP contribution in [0.4, 0.5) is 10.9 Å². The summed E-state index contributed by atoms with van der Waals surface area (Å²) in [5.41, 5.74) is 4.05. The first-order chi connectivity index (χ1) is 17.1. The minimum absolute atomic E-state index is 0.213. The van der Waals surface area contributed by atoms with E-state index in [0.717, 1.165) is 23.5 Å². The second kappa shape index (κ2) is 14.0. The number of pyridine rings is 1. The molecule has 0 atom stereocenters. The van der Waals surface area contributed by atoms with Gasteiger partial charge in [0, 0.05) is 35.7 Å². The number of hydrogen-bond donors (Lipinski definition) is 2. The van der Waals surface area contributed by atoms with Gasteiger partial charge in [0.25, 0.3) is 5.91 Å². The van der Waals surface area contributed by atoms with Gasteiger partial charge in [-0.3, -0.25) is 10.1 Å². The average molecular weight is 488 g/mol. The third kappa shape index (κ3) is 8.66. The van der Waals surface area contributed by atoms with E-state index in [1.54, 1.807) is 0 Å². The quantitative estimate of drug-likeness (QED) is 0.190. The molecule has 0 aliphatic rings. The minimum Gasteiger partial charge on any atom is -0.366 e. The van der Waals surface area contributed by atoms with Crippen LogP contribution in [0, 0.1) is 11.3 Å². The third-order valence-corrected chi connectivity index (χ3v) is 6.50. The Kier molecular flexibility index (Phi) is 10.5. The molecule has 0 aliphatic heterocycles. The maximum atomic E-state index is 12.6. The lowest BCUT2D eigenvalue weighted by atomic mass is 10.1. The average Bonchev–Trinajstić information content (AvgIpc) is 3.32. The van der Waals surface area contributed by atoms with Gasteiger partial charge in [-0.15, -0.1) is 11.3 Å². The van der Waals surface area contributed by atoms with Crippen LogP contribution in [-0.2, 0) is 19.4 Å². The molecule has 7 heteroatoms. The van der Waals surface area contributed by atoms with Gasteiger partial charge in [-0.2, -0.15) is 5.26 Å². The molecular formula is C28H33N5OS. The van der Waals surface area contributed by atoms with E-state index in [4.69, 9.17) is 5.26 Å². The van der Waals surface area contributed by atoms with E-state index in [2.05, 4.69) is 40.2 Å². The van der Waals surface area contributed by atoms with Crippen LogP contribution in [-0.4, -0.2) is 15.9 Å². The summed E-state index contributed by atoms with van der Waals surface area (Å²) in [7, 11) is 0. The van der Waals surface area contributed by atoms with Crippen LogP contribution >= 0.6 is 11.3 Å². The molecule has 35 heavy (non-hydrogen) atoms. The van der Waals surface area contributed by atoms with Crippen LogP contribution in [0.3, 0.4) is 0 Å². The first-order valence-electron chi connectivity index (χ1n) is 12.2. The highest BCUT2D eigenvalue weighted by Crippen LogP contribution is 2.20. The number of nitrogens with zero attached hydrogens (tertiary/aromatic N) is 3. The topological polar surface area (TPSA) is 90.7 Å². The monoisotopic (exact) mass is 487 g/mol. The molecule has 0 radical (unpaired) electrons. The van der Waals surface area contributed by atoms with Gasteiger partial charge in [-0.25, -0.2) is 9.97 Å². The largest absolute Gasteiger partial charge is 0.366 e. The maximum Gasteiger partial charge on any atom is 0.257 e. The van der Waals surface area contributed by atoms with E-state index in [-0.39, 0.29) is 5.91 Å². The van der Waals surface area contributed by atoms with Crippen molar-refractivity contribution in [2.75, 3.05) is 10.6 Å². The molecule has 0 bridgehead atoms. The summed E-state index contributed by atoms with van der Waals surface area (Å²) >= 11 is 1.33. The third-order valence-electron chi connectivity index (χ3n) is 5.69. The highest BCUT2D eigenvalue weighted by atomic mass is 32.1. The fraction of sp³-hybridized carbons (Fsp3) is 0.357. The van der Waals surface area contributed by atoms with Crippen molar-refractivity contribution in [3.8, 4) is 6.07 Å². The summed E-state index contributed by atoms with van der Waals surface area (Å²) in [6, 6.07) is 13.7. The molecule has 0 saturated carbocycles. The molecule has 0 aliphatic carbocycles. The number of anilines is 2. The van der Waals surface area contributed by atoms with Gasteiger partial charge in [0.15, 0.2) is 5.13 Å². The molecule has 2 aromatic heterocycles. The van der Waals surface area contributed by atoms with E-state index in [1.807, 2.05) is 48.0 Å². The van der Waals surface area contributed by atoms with Crippen molar-refractivity contribution in [3.63, 3.8) is 0 Å². The number of carbonyl (C=O) groups is 1. The van der Waals surface area contributed by atoms with Crippen molar-refractivity contribution in [2.24, 2.45) is 0 Å². The molecule has 0 unspecified atom stereocenters. The number of nitriles is 1. The van der Waals surface area contributed by atoms with Crippen molar-refractivity contribution in [3.05, 3.63) is 82.5 Å². The molecule has 6 nitrogen and oxygen atoms in total. The maximum absolute atomic E-state index is 12.6. The molecule has 1 amide bonds. The zero-order chi connectivity index (χ0) is 24.9. The Labute approximate surface area is 212 Å². The van der Waals surface area contributed by atoms with Crippen LogP contribution in [0.15, 0.2) is 60.1 Å². The summed E-state index contributed by atoms with van der Waals surface area (Å²) in [5, 5.41) is 17.5. The van der Waals surface area contributed by atoms with Crippen LogP contribution in [0.2, 0.25) is 0 Å². The minimum atomic E-state index is -0.213. The number of nitrogens with one attached hydrogen (secondary N) is 2. The van der Waals surface area contributed by atoms with E-state index >= 15 is 0 Å². The molecule has 182 valence electrons. The van der Waals surface area contributed by atoms with Crippen molar-refractivity contribution < 1.29 is 4.79 Å². The van der Waals surface area contributed by atoms with Crippen molar-refractivity contribution in [2.45, 2.75) is 64.8 Å². The number of hydrogen-bond acceptors (Lipinski definition) is 6. The molecule has 2 N–H and O–H groups in total. The zero-order valence-corrected chi connectivity index (χ0v) is 21.2. The molecule has 0 saturated heterocycles. The Morgan fingerprint density at radius 2 is 1.89 bits per heavy atom. The van der Waals surface area contributed by atoms with E-state index in [1.165, 1.54) is 55.4 Å². The second-order valence-electron chi connectivity index (χ2n) is 8.57. The number of aryl methyl sites for hydroxylation is 1. The van der Waals surface area contributed by atoms with Crippen LogP contribution in [0.5, 0.6) is 0 Å². The van der Waals surface area contributed by atoms with Gasteiger partial charge < -0.3 is 5.32 Å². The number of thiazole rings is 1. The molecule has 3 rings (SSSR count). The Hall–Kier alpha value is -3.50. The van der Waals surface area contributed by atoms with Gasteiger partial charge in [-0.05, 0) is 42.2 Å². The van der Waals surface area contributed by atoms with Gasteiger partial charge >= 0.3 is 0 Å². The lowest BCUT2D eigenvalue weighted by molar-refractivity contribution is 0.102. The summed E-state index contributed by atoms with van der Waals surface area (Å²) < 4.78 is 0. The first kappa shape index (κ1) is 26.1. The van der Waals surface area contributed by atoms with E-state index in [0.29, 0.717) is 29.2 Å². The summed E-state index contributed by atoms with van der Waals surface area (Å²) in [6.07, 6.45) is 10.9. The second-order valence-corrected chi connectivity index (χ2v) is 9.43. The Balaban J connectivity index is 1.49. The zero-order valence-electron chi connectivity index (χ0n) is 20.3. The number of aromatic nitrogens is 2. The fourth-order valence-electron chi connectivity index (χ4n) is 3.73. The highest BCUT2D eigenvalue weighted by molar-refractivity contribution is 7.14. The Morgan fingerprint density at radius 3 is 2.66 bits per heavy atom. The fourth-order valence-corrected chi connectivity index (χ4v) is 4.43. The van der Waals surface area contributed by atoms with Crippen LogP contribution in [0.25, 0.3) is 0 Å². The van der Waals surface area contributed by atoms with Crippen molar-refractivity contribution in [1.29, 1.82) is 5.26 Å². The van der Waals surface area contributed by atoms with Gasteiger partial charge in [-0.1, -0.05) is 63.8 Å². The number of allylic oxidation sites excluding steroid dienone is 1. The van der Waals surface area contributed by atoms with Gasteiger partial charge in [0.1, 0.15) is 5.82 Å². The highest BCUT2D eigenvalue weighted by Gasteiger charge is 2.10. The van der Waals surface area contributed by atoms with E-state index in [9.17, 15) is 4.79 Å². The Bertz CT molecular complexity index is 1150. The molecule has 0 fully saturated rings. The molecule has 2 heterocycles. The lowest BCUT2D eigenvalue weighted by Gasteiger charge is -2.11.